The maximum atomic E-state index is 11.8. The third-order valence-corrected chi connectivity index (χ3v) is 3.35. The third kappa shape index (κ3) is 3.58. The molecule has 2 N–H and O–H groups in total. The Labute approximate surface area is 107 Å². The van der Waals surface area contributed by atoms with E-state index in [1.165, 1.54) is 0 Å². The molecule has 0 saturated carbocycles. The van der Waals surface area contributed by atoms with Crippen molar-refractivity contribution in [1.29, 1.82) is 0 Å². The van der Waals surface area contributed by atoms with Gasteiger partial charge < -0.3 is 14.8 Å². The zero-order valence-electron chi connectivity index (χ0n) is 10.5. The topological polar surface area (TPSA) is 65.7 Å². The molecule has 0 radical (unpaired) electrons. The van der Waals surface area contributed by atoms with E-state index in [1.54, 1.807) is 12.3 Å². The van der Waals surface area contributed by atoms with Gasteiger partial charge in [-0.25, -0.2) is 0 Å². The lowest BCUT2D eigenvalue weighted by atomic mass is 10.1. The molecule has 18 heavy (non-hydrogen) atoms. The standard InChI is InChI=1S/C13H20N2O3/c16-7-5-11-3-1-6-15(11)10-13(17)14-9-12-4-2-8-18-12/h2,4,8,11,16H,1,3,5-7,9-10H2,(H,14,17). The van der Waals surface area contributed by atoms with Crippen molar-refractivity contribution in [1.82, 2.24) is 10.2 Å². The van der Waals surface area contributed by atoms with Crippen molar-refractivity contribution < 1.29 is 14.3 Å². The molecule has 5 nitrogen and oxygen atoms in total. The van der Waals surface area contributed by atoms with Crippen LogP contribution in [0.3, 0.4) is 0 Å². The van der Waals surface area contributed by atoms with Crippen LogP contribution in [-0.4, -0.2) is 41.7 Å². The number of aliphatic hydroxyl groups excluding tert-OH is 1. The van der Waals surface area contributed by atoms with Crippen LogP contribution in [0.5, 0.6) is 0 Å². The van der Waals surface area contributed by atoms with E-state index in [0.717, 1.165) is 31.6 Å². The molecular weight excluding hydrogens is 232 g/mol. The largest absolute Gasteiger partial charge is 0.467 e. The lowest BCUT2D eigenvalue weighted by Gasteiger charge is -2.22. The summed E-state index contributed by atoms with van der Waals surface area (Å²) in [6.45, 7) is 1.98. The minimum absolute atomic E-state index is 0.0104. The SMILES string of the molecule is O=C(CN1CCCC1CCO)NCc1ccco1. The Morgan fingerprint density at radius 1 is 1.61 bits per heavy atom. The molecule has 1 aliphatic rings. The molecule has 1 saturated heterocycles. The molecule has 5 heteroatoms. The average Bonchev–Trinajstić information content (AvgIpc) is 2.99. The summed E-state index contributed by atoms with van der Waals surface area (Å²) in [6.07, 6.45) is 4.53. The molecule has 0 aliphatic carbocycles. The van der Waals surface area contributed by atoms with Gasteiger partial charge in [-0.1, -0.05) is 0 Å². The predicted molar refractivity (Wildman–Crippen MR) is 66.9 cm³/mol. The highest BCUT2D eigenvalue weighted by Crippen LogP contribution is 2.19. The van der Waals surface area contributed by atoms with Gasteiger partial charge in [0.25, 0.3) is 0 Å². The summed E-state index contributed by atoms with van der Waals surface area (Å²) < 4.78 is 5.15. The highest BCUT2D eigenvalue weighted by atomic mass is 16.3. The van der Waals surface area contributed by atoms with Gasteiger partial charge >= 0.3 is 0 Å². The van der Waals surface area contributed by atoms with Crippen LogP contribution in [0, 0.1) is 0 Å². The van der Waals surface area contributed by atoms with Crippen molar-refractivity contribution in [3.63, 3.8) is 0 Å². The number of carbonyl (C=O) groups is 1. The molecule has 2 heterocycles. The van der Waals surface area contributed by atoms with Crippen molar-refractivity contribution in [2.45, 2.75) is 31.8 Å². The van der Waals surface area contributed by atoms with Gasteiger partial charge in [0.15, 0.2) is 0 Å². The summed E-state index contributed by atoms with van der Waals surface area (Å²) in [7, 11) is 0. The predicted octanol–water partition coefficient (Wildman–Crippen LogP) is 0.743. The van der Waals surface area contributed by atoms with Crippen molar-refractivity contribution in [2.75, 3.05) is 19.7 Å². The number of furan rings is 1. The molecule has 0 bridgehead atoms. The summed E-state index contributed by atoms with van der Waals surface area (Å²) in [5.41, 5.74) is 0. The fourth-order valence-corrected chi connectivity index (χ4v) is 2.42. The van der Waals surface area contributed by atoms with Gasteiger partial charge in [0.1, 0.15) is 5.76 Å². The van der Waals surface area contributed by atoms with Gasteiger partial charge in [0, 0.05) is 12.6 Å². The molecule has 1 unspecified atom stereocenters. The van der Waals surface area contributed by atoms with Crippen LogP contribution < -0.4 is 5.32 Å². The number of likely N-dealkylation sites (tertiary alicyclic amines) is 1. The lowest BCUT2D eigenvalue weighted by Crippen LogP contribution is -2.39. The first-order valence-electron chi connectivity index (χ1n) is 6.43. The van der Waals surface area contributed by atoms with E-state index in [9.17, 15) is 4.79 Å². The molecule has 100 valence electrons. The first kappa shape index (κ1) is 13.1. The number of amides is 1. The van der Waals surface area contributed by atoms with Crippen LogP contribution in [0.4, 0.5) is 0 Å². The molecule has 1 amide bonds. The summed E-state index contributed by atoms with van der Waals surface area (Å²) in [6, 6.07) is 3.99. The number of nitrogens with one attached hydrogen (secondary N) is 1. The average molecular weight is 252 g/mol. The number of hydrogen-bond acceptors (Lipinski definition) is 4. The van der Waals surface area contributed by atoms with E-state index in [0.29, 0.717) is 19.1 Å². The van der Waals surface area contributed by atoms with E-state index in [1.807, 2.05) is 6.07 Å². The first-order chi connectivity index (χ1) is 8.79. The molecule has 2 rings (SSSR count). The summed E-state index contributed by atoms with van der Waals surface area (Å²) in [5, 5.41) is 11.8. The Bertz CT molecular complexity index is 364. The van der Waals surface area contributed by atoms with E-state index in [4.69, 9.17) is 9.52 Å². The number of hydrogen-bond donors (Lipinski definition) is 2. The second kappa shape index (κ2) is 6.56. The number of rotatable bonds is 6. The molecule has 1 aliphatic heterocycles. The Kier molecular flexibility index (Phi) is 4.78. The van der Waals surface area contributed by atoms with Gasteiger partial charge in [-0.15, -0.1) is 0 Å². The summed E-state index contributed by atoms with van der Waals surface area (Å²) in [5.74, 6) is 0.771. The molecule has 1 aromatic rings. The van der Waals surface area contributed by atoms with Crippen LogP contribution in [0.1, 0.15) is 25.0 Å². The Balaban J connectivity index is 1.73. The van der Waals surface area contributed by atoms with Crippen LogP contribution in [0.25, 0.3) is 0 Å². The minimum atomic E-state index is 0.0104. The summed E-state index contributed by atoms with van der Waals surface area (Å²) in [4.78, 5) is 13.9. The van der Waals surface area contributed by atoms with E-state index in [-0.39, 0.29) is 12.5 Å². The zero-order valence-corrected chi connectivity index (χ0v) is 10.5. The van der Waals surface area contributed by atoms with Crippen LogP contribution in [-0.2, 0) is 11.3 Å². The van der Waals surface area contributed by atoms with Gasteiger partial charge in [-0.05, 0) is 37.9 Å². The van der Waals surface area contributed by atoms with E-state index < -0.39 is 0 Å². The first-order valence-corrected chi connectivity index (χ1v) is 6.43. The van der Waals surface area contributed by atoms with Crippen molar-refractivity contribution in [3.05, 3.63) is 24.2 Å². The highest BCUT2D eigenvalue weighted by Gasteiger charge is 2.25. The zero-order chi connectivity index (χ0) is 12.8. The monoisotopic (exact) mass is 252 g/mol. The second-order valence-corrected chi connectivity index (χ2v) is 4.63. The quantitative estimate of drug-likeness (QED) is 0.784. The van der Waals surface area contributed by atoms with E-state index in [2.05, 4.69) is 10.2 Å². The second-order valence-electron chi connectivity index (χ2n) is 4.63. The summed E-state index contributed by atoms with van der Waals surface area (Å²) >= 11 is 0. The van der Waals surface area contributed by atoms with Crippen LogP contribution in [0.15, 0.2) is 22.8 Å². The fraction of sp³-hybridized carbons (Fsp3) is 0.615. The van der Waals surface area contributed by atoms with Gasteiger partial charge in [-0.2, -0.15) is 0 Å². The highest BCUT2D eigenvalue weighted by molar-refractivity contribution is 5.78. The van der Waals surface area contributed by atoms with Gasteiger partial charge in [0.05, 0.1) is 19.4 Å². The molecule has 0 aromatic carbocycles. The fourth-order valence-electron chi connectivity index (χ4n) is 2.42. The molecule has 1 aromatic heterocycles. The molecule has 0 spiro atoms. The number of carbonyl (C=O) groups excluding carboxylic acids is 1. The van der Waals surface area contributed by atoms with Crippen molar-refractivity contribution in [3.8, 4) is 0 Å². The molecule has 1 atom stereocenters. The third-order valence-electron chi connectivity index (χ3n) is 3.35. The van der Waals surface area contributed by atoms with Crippen molar-refractivity contribution >= 4 is 5.91 Å². The maximum absolute atomic E-state index is 11.8. The van der Waals surface area contributed by atoms with Crippen molar-refractivity contribution in [2.24, 2.45) is 0 Å². The molecule has 1 fully saturated rings. The Morgan fingerprint density at radius 3 is 3.22 bits per heavy atom. The number of nitrogens with zero attached hydrogens (tertiary/aromatic N) is 1. The minimum Gasteiger partial charge on any atom is -0.467 e. The Morgan fingerprint density at radius 2 is 2.50 bits per heavy atom. The normalized spacial score (nSPS) is 20.2. The van der Waals surface area contributed by atoms with Gasteiger partial charge in [0.2, 0.25) is 5.91 Å². The lowest BCUT2D eigenvalue weighted by molar-refractivity contribution is -0.122. The van der Waals surface area contributed by atoms with Crippen LogP contribution >= 0.6 is 0 Å². The van der Waals surface area contributed by atoms with Gasteiger partial charge in [-0.3, -0.25) is 9.69 Å². The maximum Gasteiger partial charge on any atom is 0.234 e. The van der Waals surface area contributed by atoms with E-state index >= 15 is 0 Å². The smallest absolute Gasteiger partial charge is 0.234 e. The van der Waals surface area contributed by atoms with Crippen LogP contribution in [0.2, 0.25) is 0 Å². The molecular formula is C13H20N2O3. The Hall–Kier alpha value is -1.33. The number of aliphatic hydroxyl groups is 1.